The molecular weight excluding hydrogens is 393 g/mol. The molecule has 4 nitrogen and oxygen atoms in total. The molecule has 0 unspecified atom stereocenters. The average Bonchev–Trinajstić information content (AvgIpc) is 2.72. The van der Waals surface area contributed by atoms with E-state index in [1.165, 1.54) is 36.2 Å². The van der Waals surface area contributed by atoms with Gasteiger partial charge in [0, 0.05) is 24.2 Å². The van der Waals surface area contributed by atoms with E-state index in [0.29, 0.717) is 11.3 Å². The summed E-state index contributed by atoms with van der Waals surface area (Å²) < 4.78 is 37.8. The van der Waals surface area contributed by atoms with Gasteiger partial charge in [0.05, 0.1) is 12.1 Å². The molecule has 7 heteroatoms. The number of nitrogens with one attached hydrogen (secondary N) is 1. The number of amides is 2. The summed E-state index contributed by atoms with van der Waals surface area (Å²) in [6.07, 6.45) is -1.79. The number of likely N-dealkylation sites (N-methyl/N-ethyl adjacent to an activating group) is 1. The number of benzene rings is 3. The van der Waals surface area contributed by atoms with Crippen molar-refractivity contribution in [2.24, 2.45) is 0 Å². The van der Waals surface area contributed by atoms with Crippen LogP contribution in [-0.2, 0) is 15.8 Å². The van der Waals surface area contributed by atoms with Gasteiger partial charge in [-0.15, -0.1) is 0 Å². The van der Waals surface area contributed by atoms with Gasteiger partial charge in [-0.25, -0.2) is 0 Å². The first-order valence-electron chi connectivity index (χ1n) is 9.12. The van der Waals surface area contributed by atoms with Crippen LogP contribution in [0, 0.1) is 0 Å². The van der Waals surface area contributed by atoms with Gasteiger partial charge in [0.15, 0.2) is 0 Å². The molecule has 30 heavy (non-hydrogen) atoms. The number of carbonyl (C=O) groups is 2. The Labute approximate surface area is 171 Å². The molecule has 0 radical (unpaired) electrons. The third kappa shape index (κ3) is 5.26. The quantitative estimate of drug-likeness (QED) is 0.602. The summed E-state index contributed by atoms with van der Waals surface area (Å²) in [5.41, 5.74) is 0.345. The van der Waals surface area contributed by atoms with Crippen molar-refractivity contribution in [1.82, 2.24) is 4.90 Å². The minimum Gasteiger partial charge on any atom is -0.333 e. The molecule has 0 heterocycles. The van der Waals surface area contributed by atoms with Crippen molar-refractivity contribution in [3.05, 3.63) is 83.9 Å². The first-order valence-corrected chi connectivity index (χ1v) is 9.12. The first-order chi connectivity index (χ1) is 14.2. The van der Waals surface area contributed by atoms with Crippen molar-refractivity contribution in [1.29, 1.82) is 0 Å². The Balaban J connectivity index is 1.59. The van der Waals surface area contributed by atoms with Gasteiger partial charge in [0.25, 0.3) is 0 Å². The topological polar surface area (TPSA) is 49.4 Å². The highest BCUT2D eigenvalue weighted by atomic mass is 19.4. The second kappa shape index (κ2) is 8.82. The number of rotatable bonds is 5. The van der Waals surface area contributed by atoms with Gasteiger partial charge in [-0.05, 0) is 35.2 Å². The molecule has 0 bridgehead atoms. The van der Waals surface area contributed by atoms with Crippen molar-refractivity contribution in [2.75, 3.05) is 18.9 Å². The number of nitrogens with zero attached hydrogens (tertiary/aromatic N) is 1. The molecule has 0 spiro atoms. The first kappa shape index (κ1) is 21.1. The van der Waals surface area contributed by atoms with Crippen LogP contribution >= 0.6 is 0 Å². The lowest BCUT2D eigenvalue weighted by Gasteiger charge is -2.15. The van der Waals surface area contributed by atoms with Crippen LogP contribution in [0.1, 0.15) is 11.1 Å². The molecule has 0 aliphatic carbocycles. The van der Waals surface area contributed by atoms with Crippen molar-refractivity contribution in [3.8, 4) is 0 Å². The maximum absolute atomic E-state index is 12.6. The Morgan fingerprint density at radius 2 is 1.63 bits per heavy atom. The standard InChI is InChI=1S/C23H19F3N2O2/c1-28(22(30)14-11-16-9-12-18(13-10-16)23(24,25)26)15-21(29)27-20-8-4-6-17-5-2-3-7-19(17)20/h2-14H,15H2,1H3,(H,27,29). The molecule has 0 aliphatic heterocycles. The van der Waals surface area contributed by atoms with Crippen LogP contribution in [0.3, 0.4) is 0 Å². The zero-order valence-electron chi connectivity index (χ0n) is 16.1. The van der Waals surface area contributed by atoms with E-state index in [4.69, 9.17) is 0 Å². The Morgan fingerprint density at radius 1 is 0.967 bits per heavy atom. The zero-order chi connectivity index (χ0) is 21.7. The van der Waals surface area contributed by atoms with Gasteiger partial charge in [0.2, 0.25) is 11.8 Å². The number of carbonyl (C=O) groups excluding carboxylic acids is 2. The molecule has 154 valence electrons. The summed E-state index contributed by atoms with van der Waals surface area (Å²) >= 11 is 0. The number of anilines is 1. The second-order valence-electron chi connectivity index (χ2n) is 6.72. The van der Waals surface area contributed by atoms with Gasteiger partial charge in [0.1, 0.15) is 0 Å². The Hall–Kier alpha value is -3.61. The monoisotopic (exact) mass is 412 g/mol. The minimum absolute atomic E-state index is 0.167. The van der Waals surface area contributed by atoms with Crippen LogP contribution in [0.4, 0.5) is 18.9 Å². The number of fused-ring (bicyclic) bond motifs is 1. The summed E-state index contributed by atoms with van der Waals surface area (Å²) in [4.78, 5) is 25.8. The average molecular weight is 412 g/mol. The van der Waals surface area contributed by atoms with E-state index in [9.17, 15) is 22.8 Å². The molecule has 0 saturated carbocycles. The maximum Gasteiger partial charge on any atom is 0.416 e. The van der Waals surface area contributed by atoms with Gasteiger partial charge < -0.3 is 10.2 Å². The van der Waals surface area contributed by atoms with Gasteiger partial charge in [-0.2, -0.15) is 13.2 Å². The van der Waals surface area contributed by atoms with Gasteiger partial charge in [-0.1, -0.05) is 48.5 Å². The Morgan fingerprint density at radius 3 is 2.33 bits per heavy atom. The molecule has 2 amide bonds. The van der Waals surface area contributed by atoms with Crippen LogP contribution in [0.5, 0.6) is 0 Å². The number of hydrogen-bond donors (Lipinski definition) is 1. The van der Waals surface area contributed by atoms with E-state index in [2.05, 4.69) is 5.32 Å². The lowest BCUT2D eigenvalue weighted by atomic mass is 10.1. The van der Waals surface area contributed by atoms with Crippen molar-refractivity contribution >= 4 is 34.4 Å². The SMILES string of the molecule is CN(CC(=O)Nc1cccc2ccccc12)C(=O)C=Cc1ccc(C(F)(F)F)cc1. The van der Waals surface area contributed by atoms with Crippen LogP contribution in [0.2, 0.25) is 0 Å². The summed E-state index contributed by atoms with van der Waals surface area (Å²) in [7, 11) is 1.47. The fraction of sp³-hybridized carbons (Fsp3) is 0.130. The van der Waals surface area contributed by atoms with Crippen LogP contribution in [0.25, 0.3) is 16.8 Å². The summed E-state index contributed by atoms with van der Waals surface area (Å²) in [6.45, 7) is -0.167. The van der Waals surface area contributed by atoms with E-state index in [1.54, 1.807) is 6.07 Å². The smallest absolute Gasteiger partial charge is 0.333 e. The van der Waals surface area contributed by atoms with E-state index in [1.807, 2.05) is 36.4 Å². The maximum atomic E-state index is 12.6. The molecular formula is C23H19F3N2O2. The van der Waals surface area contributed by atoms with E-state index < -0.39 is 17.6 Å². The van der Waals surface area contributed by atoms with Crippen LogP contribution in [0.15, 0.2) is 72.8 Å². The predicted molar refractivity (Wildman–Crippen MR) is 111 cm³/mol. The number of hydrogen-bond acceptors (Lipinski definition) is 2. The van der Waals surface area contributed by atoms with E-state index in [0.717, 1.165) is 22.9 Å². The molecule has 3 rings (SSSR count). The Bertz CT molecular complexity index is 1080. The molecule has 0 saturated heterocycles. The molecule has 0 atom stereocenters. The van der Waals surface area contributed by atoms with Gasteiger partial charge >= 0.3 is 6.18 Å². The largest absolute Gasteiger partial charge is 0.416 e. The van der Waals surface area contributed by atoms with Gasteiger partial charge in [-0.3, -0.25) is 9.59 Å². The summed E-state index contributed by atoms with van der Waals surface area (Å²) in [5, 5.41) is 4.68. The van der Waals surface area contributed by atoms with E-state index >= 15 is 0 Å². The second-order valence-corrected chi connectivity index (χ2v) is 6.72. The van der Waals surface area contributed by atoms with Crippen molar-refractivity contribution < 1.29 is 22.8 Å². The Kier molecular flexibility index (Phi) is 6.20. The number of alkyl halides is 3. The summed E-state index contributed by atoms with van der Waals surface area (Å²) in [6, 6.07) is 17.6. The fourth-order valence-corrected chi connectivity index (χ4v) is 2.90. The van der Waals surface area contributed by atoms with E-state index in [-0.39, 0.29) is 12.5 Å². The predicted octanol–water partition coefficient (Wildman–Crippen LogP) is 4.97. The summed E-state index contributed by atoms with van der Waals surface area (Å²) in [5.74, 6) is -0.798. The third-order valence-corrected chi connectivity index (χ3v) is 4.48. The molecule has 0 aromatic heterocycles. The van der Waals surface area contributed by atoms with Crippen molar-refractivity contribution in [3.63, 3.8) is 0 Å². The zero-order valence-corrected chi connectivity index (χ0v) is 16.1. The highest BCUT2D eigenvalue weighted by Crippen LogP contribution is 2.29. The normalized spacial score (nSPS) is 11.6. The molecule has 3 aromatic carbocycles. The highest BCUT2D eigenvalue weighted by Gasteiger charge is 2.29. The van der Waals surface area contributed by atoms with Crippen molar-refractivity contribution in [2.45, 2.75) is 6.18 Å². The lowest BCUT2D eigenvalue weighted by molar-refractivity contribution is -0.137. The third-order valence-electron chi connectivity index (χ3n) is 4.48. The molecule has 0 aliphatic rings. The fourth-order valence-electron chi connectivity index (χ4n) is 2.90. The highest BCUT2D eigenvalue weighted by molar-refractivity contribution is 6.04. The lowest BCUT2D eigenvalue weighted by Crippen LogP contribution is -2.33. The molecule has 3 aromatic rings. The molecule has 1 N–H and O–H groups in total. The number of halogens is 3. The van der Waals surface area contributed by atoms with Crippen LogP contribution < -0.4 is 5.32 Å². The molecule has 0 fully saturated rings. The minimum atomic E-state index is -4.41. The van der Waals surface area contributed by atoms with Crippen LogP contribution in [-0.4, -0.2) is 30.3 Å².